The van der Waals surface area contributed by atoms with Gasteiger partial charge in [0.1, 0.15) is 5.58 Å². The number of fused-ring (bicyclic) bond motifs is 1. The molecular weight excluding hydrogens is 462 g/mol. The summed E-state index contributed by atoms with van der Waals surface area (Å²) < 4.78 is 27.2. The van der Waals surface area contributed by atoms with Crippen LogP contribution in [-0.2, 0) is 10.5 Å². The third kappa shape index (κ3) is 4.84. The zero-order valence-electron chi connectivity index (χ0n) is 18.8. The maximum atomic E-state index is 12.1. The lowest BCUT2D eigenvalue weighted by Gasteiger charge is -2.12. The van der Waals surface area contributed by atoms with Crippen molar-refractivity contribution in [2.24, 2.45) is 0 Å². The number of hydrogen-bond donors (Lipinski definition) is 1. The first-order valence-corrected chi connectivity index (χ1v) is 11.0. The van der Waals surface area contributed by atoms with E-state index in [1.54, 1.807) is 30.3 Å². The molecule has 0 aliphatic heterocycles. The Morgan fingerprint density at radius 2 is 1.74 bits per heavy atom. The first kappa shape index (κ1) is 23.2. The van der Waals surface area contributed by atoms with Gasteiger partial charge < -0.3 is 28.4 Å². The van der Waals surface area contributed by atoms with Crippen molar-refractivity contribution in [3.8, 4) is 28.7 Å². The predicted molar refractivity (Wildman–Crippen MR) is 126 cm³/mol. The average molecular weight is 484 g/mol. The molecule has 2 heterocycles. The molecule has 0 bridgehead atoms. The molecular formula is C23H21N3O7S. The number of nitrogens with zero attached hydrogens (tertiary/aromatic N) is 2. The van der Waals surface area contributed by atoms with Crippen molar-refractivity contribution in [2.45, 2.75) is 17.9 Å². The number of aromatic nitrogens is 2. The summed E-state index contributed by atoms with van der Waals surface area (Å²) in [6.07, 6.45) is 0. The number of amides is 1. The van der Waals surface area contributed by atoms with E-state index in [4.69, 9.17) is 23.0 Å². The smallest absolute Gasteiger partial charge is 0.336 e. The molecule has 4 rings (SSSR count). The second-order valence-corrected chi connectivity index (χ2v) is 7.99. The van der Waals surface area contributed by atoms with E-state index in [9.17, 15) is 9.59 Å². The van der Waals surface area contributed by atoms with Crippen LogP contribution >= 0.6 is 11.8 Å². The Kier molecular flexibility index (Phi) is 6.73. The highest BCUT2D eigenvalue weighted by atomic mass is 32.2. The summed E-state index contributed by atoms with van der Waals surface area (Å²) in [7, 11) is 4.57. The normalized spacial score (nSPS) is 10.8. The number of benzene rings is 2. The van der Waals surface area contributed by atoms with E-state index in [-0.39, 0.29) is 11.8 Å². The Labute approximate surface area is 198 Å². The Hall–Kier alpha value is -3.99. The van der Waals surface area contributed by atoms with Gasteiger partial charge in [-0.05, 0) is 29.8 Å². The monoisotopic (exact) mass is 483 g/mol. The van der Waals surface area contributed by atoms with Crippen LogP contribution in [0.3, 0.4) is 0 Å². The molecule has 0 radical (unpaired) electrons. The van der Waals surface area contributed by atoms with Crippen molar-refractivity contribution < 1.29 is 27.8 Å². The third-order valence-electron chi connectivity index (χ3n) is 4.82. The molecule has 1 N–H and O–H groups in total. The molecule has 0 spiro atoms. The highest BCUT2D eigenvalue weighted by Gasteiger charge is 2.18. The molecule has 2 aromatic carbocycles. The average Bonchev–Trinajstić information content (AvgIpc) is 3.29. The van der Waals surface area contributed by atoms with Crippen LogP contribution in [0.4, 0.5) is 5.69 Å². The Morgan fingerprint density at radius 3 is 2.38 bits per heavy atom. The van der Waals surface area contributed by atoms with E-state index in [1.807, 2.05) is 0 Å². The number of rotatable bonds is 8. The molecule has 0 aliphatic rings. The number of ether oxygens (including phenoxy) is 3. The Bertz CT molecular complexity index is 1390. The molecule has 2 aromatic heterocycles. The van der Waals surface area contributed by atoms with Gasteiger partial charge >= 0.3 is 5.63 Å². The lowest BCUT2D eigenvalue weighted by Crippen LogP contribution is -2.06. The van der Waals surface area contributed by atoms with Crippen LogP contribution < -0.4 is 25.2 Å². The van der Waals surface area contributed by atoms with Crippen LogP contribution in [0.1, 0.15) is 12.5 Å². The molecule has 11 heteroatoms. The van der Waals surface area contributed by atoms with Gasteiger partial charge in [0.2, 0.25) is 17.5 Å². The highest BCUT2D eigenvalue weighted by molar-refractivity contribution is 7.98. The molecule has 10 nitrogen and oxygen atoms in total. The zero-order chi connectivity index (χ0) is 24.2. The summed E-state index contributed by atoms with van der Waals surface area (Å²) >= 11 is 1.28. The van der Waals surface area contributed by atoms with Gasteiger partial charge in [-0.1, -0.05) is 11.8 Å². The van der Waals surface area contributed by atoms with Gasteiger partial charge in [0.25, 0.3) is 5.22 Å². The second kappa shape index (κ2) is 9.87. The van der Waals surface area contributed by atoms with Gasteiger partial charge in [-0.25, -0.2) is 4.79 Å². The van der Waals surface area contributed by atoms with Crippen molar-refractivity contribution in [3.05, 3.63) is 52.4 Å². The van der Waals surface area contributed by atoms with Gasteiger partial charge in [-0.3, -0.25) is 4.79 Å². The SMILES string of the molecule is COc1cc(-c2nnc(SCc3cc(=O)oc4cc(NC(C)=O)ccc34)o2)cc(OC)c1OC. The molecule has 0 saturated carbocycles. The molecule has 176 valence electrons. The van der Waals surface area contributed by atoms with Gasteiger partial charge in [-0.15, -0.1) is 10.2 Å². The standard InChI is InChI=1S/C23H21N3O7S/c1-12(27)24-15-5-6-16-14(9-20(28)32-17(16)10-15)11-34-23-26-25-22(33-23)13-7-18(29-2)21(31-4)19(8-13)30-3/h5-10H,11H2,1-4H3,(H,24,27). The largest absolute Gasteiger partial charge is 0.493 e. The molecule has 34 heavy (non-hydrogen) atoms. The number of nitrogens with one attached hydrogen (secondary N) is 1. The van der Waals surface area contributed by atoms with E-state index in [0.29, 0.717) is 45.1 Å². The van der Waals surface area contributed by atoms with E-state index in [0.717, 1.165) is 10.9 Å². The fourth-order valence-corrected chi connectivity index (χ4v) is 4.11. The fourth-order valence-electron chi connectivity index (χ4n) is 3.36. The van der Waals surface area contributed by atoms with Crippen molar-refractivity contribution in [2.75, 3.05) is 26.6 Å². The zero-order valence-corrected chi connectivity index (χ0v) is 19.6. The van der Waals surface area contributed by atoms with Gasteiger partial charge in [0.15, 0.2) is 11.5 Å². The maximum absolute atomic E-state index is 12.1. The minimum absolute atomic E-state index is 0.215. The summed E-state index contributed by atoms with van der Waals surface area (Å²) in [5.74, 6) is 1.83. The number of hydrogen-bond acceptors (Lipinski definition) is 10. The highest BCUT2D eigenvalue weighted by Crippen LogP contribution is 2.41. The van der Waals surface area contributed by atoms with Gasteiger partial charge in [0, 0.05) is 41.4 Å². The molecule has 0 unspecified atom stereocenters. The summed E-state index contributed by atoms with van der Waals surface area (Å²) in [6.45, 7) is 1.41. The van der Waals surface area contributed by atoms with Crippen molar-refractivity contribution in [1.29, 1.82) is 0 Å². The minimum atomic E-state index is -0.494. The summed E-state index contributed by atoms with van der Waals surface area (Å²) in [4.78, 5) is 23.4. The maximum Gasteiger partial charge on any atom is 0.336 e. The van der Waals surface area contributed by atoms with Crippen molar-refractivity contribution in [1.82, 2.24) is 10.2 Å². The number of anilines is 1. The number of carbonyl (C=O) groups excluding carboxylic acids is 1. The van der Waals surface area contributed by atoms with Crippen LogP contribution in [0.15, 0.2) is 55.2 Å². The lowest BCUT2D eigenvalue weighted by atomic mass is 10.1. The quantitative estimate of drug-likeness (QED) is 0.289. The van der Waals surface area contributed by atoms with Crippen LogP contribution in [-0.4, -0.2) is 37.4 Å². The first-order valence-electron chi connectivity index (χ1n) is 10.0. The molecule has 0 saturated heterocycles. The van der Waals surface area contributed by atoms with Gasteiger partial charge in [-0.2, -0.15) is 0 Å². The van der Waals surface area contributed by atoms with Crippen molar-refractivity contribution >= 4 is 34.3 Å². The molecule has 0 atom stereocenters. The van der Waals surface area contributed by atoms with E-state index < -0.39 is 5.63 Å². The summed E-state index contributed by atoms with van der Waals surface area (Å²) in [5.41, 5.74) is 1.76. The summed E-state index contributed by atoms with van der Waals surface area (Å²) in [5, 5.41) is 11.9. The molecule has 0 fully saturated rings. The predicted octanol–water partition coefficient (Wildman–Crippen LogP) is 4.12. The molecule has 1 amide bonds. The lowest BCUT2D eigenvalue weighted by molar-refractivity contribution is -0.114. The number of thioether (sulfide) groups is 1. The second-order valence-electron chi connectivity index (χ2n) is 7.06. The number of carbonyl (C=O) groups is 1. The summed E-state index contributed by atoms with van der Waals surface area (Å²) in [6, 6.07) is 9.99. The topological polar surface area (TPSA) is 126 Å². The molecule has 4 aromatic rings. The Balaban J connectivity index is 1.58. The van der Waals surface area contributed by atoms with Crippen LogP contribution in [0.5, 0.6) is 17.2 Å². The van der Waals surface area contributed by atoms with Crippen LogP contribution in [0, 0.1) is 0 Å². The van der Waals surface area contributed by atoms with Crippen molar-refractivity contribution in [3.63, 3.8) is 0 Å². The van der Waals surface area contributed by atoms with Crippen LogP contribution in [0.25, 0.3) is 22.4 Å². The first-order chi connectivity index (χ1) is 16.4. The van der Waals surface area contributed by atoms with Crippen LogP contribution in [0.2, 0.25) is 0 Å². The van der Waals surface area contributed by atoms with E-state index >= 15 is 0 Å². The fraction of sp³-hybridized carbons (Fsp3) is 0.217. The van der Waals surface area contributed by atoms with E-state index in [2.05, 4.69) is 15.5 Å². The number of methoxy groups -OCH3 is 3. The minimum Gasteiger partial charge on any atom is -0.493 e. The molecule has 0 aliphatic carbocycles. The van der Waals surface area contributed by atoms with E-state index in [1.165, 1.54) is 46.1 Å². The third-order valence-corrected chi connectivity index (χ3v) is 5.69. The van der Waals surface area contributed by atoms with Gasteiger partial charge in [0.05, 0.1) is 21.3 Å². The Morgan fingerprint density at radius 1 is 1.00 bits per heavy atom.